The van der Waals surface area contributed by atoms with Crippen molar-refractivity contribution in [2.75, 3.05) is 4.90 Å². The number of hydrogen-bond donors (Lipinski definition) is 0. The average molecular weight is 888 g/mol. The minimum Gasteiger partial charge on any atom is -0.311 e. The molecule has 0 aromatic heterocycles. The zero-order valence-electron chi connectivity index (χ0n) is 38.4. The second-order valence-corrected chi connectivity index (χ2v) is 18.7. The molecular formula is C69H45N. The van der Waals surface area contributed by atoms with E-state index in [-0.39, 0.29) is 0 Å². The molecule has 12 aromatic rings. The molecule has 0 radical (unpaired) electrons. The van der Waals surface area contributed by atoms with Crippen molar-refractivity contribution >= 4 is 38.6 Å². The van der Waals surface area contributed by atoms with E-state index in [0.717, 1.165) is 17.1 Å². The Bertz CT molecular complexity index is 3810. The molecule has 14 rings (SSSR count). The lowest BCUT2D eigenvalue weighted by Crippen LogP contribution is -2.25. The van der Waals surface area contributed by atoms with Crippen LogP contribution in [0.1, 0.15) is 22.3 Å². The molecule has 0 saturated carbocycles. The molecule has 70 heavy (non-hydrogen) atoms. The second kappa shape index (κ2) is 16.0. The molecule has 0 N–H and O–H groups in total. The van der Waals surface area contributed by atoms with Crippen molar-refractivity contribution in [1.82, 2.24) is 0 Å². The van der Waals surface area contributed by atoms with Gasteiger partial charge in [0.1, 0.15) is 0 Å². The fraction of sp³-hybridized carbons (Fsp3) is 0.0145. The van der Waals surface area contributed by atoms with Gasteiger partial charge in [0.15, 0.2) is 0 Å². The van der Waals surface area contributed by atoms with Crippen molar-refractivity contribution in [3.63, 3.8) is 0 Å². The Labute approximate surface area is 408 Å². The van der Waals surface area contributed by atoms with Crippen LogP contribution >= 0.6 is 0 Å². The van der Waals surface area contributed by atoms with E-state index in [4.69, 9.17) is 0 Å². The van der Waals surface area contributed by atoms with Gasteiger partial charge in [-0.15, -0.1) is 0 Å². The van der Waals surface area contributed by atoms with Crippen molar-refractivity contribution in [3.8, 4) is 66.8 Å². The quantitative estimate of drug-likeness (QED) is 0.154. The van der Waals surface area contributed by atoms with E-state index in [0.29, 0.717) is 0 Å². The molecule has 12 aromatic carbocycles. The summed E-state index contributed by atoms with van der Waals surface area (Å²) in [6.07, 6.45) is 0. The van der Waals surface area contributed by atoms with Gasteiger partial charge in [0.25, 0.3) is 0 Å². The highest BCUT2D eigenvalue weighted by Gasteiger charge is 2.52. The zero-order valence-corrected chi connectivity index (χ0v) is 38.4. The summed E-state index contributed by atoms with van der Waals surface area (Å²) in [6.45, 7) is 0. The predicted octanol–water partition coefficient (Wildman–Crippen LogP) is 18.5. The number of rotatable bonds is 7. The maximum absolute atomic E-state index is 2.38. The first-order chi connectivity index (χ1) is 34.7. The maximum Gasteiger partial charge on any atom is 0.0725 e. The van der Waals surface area contributed by atoms with Crippen molar-refractivity contribution in [3.05, 3.63) is 295 Å². The molecule has 0 unspecified atom stereocenters. The molecule has 0 aliphatic heterocycles. The number of fused-ring (bicyclic) bond motifs is 12. The van der Waals surface area contributed by atoms with E-state index >= 15 is 0 Å². The third kappa shape index (κ3) is 6.05. The Hall–Kier alpha value is -9.04. The normalized spacial score (nSPS) is 12.7. The molecular weight excluding hydrogens is 843 g/mol. The molecule has 0 amide bonds. The molecule has 0 bridgehead atoms. The van der Waals surface area contributed by atoms with Crippen molar-refractivity contribution in [2.24, 2.45) is 0 Å². The summed E-state index contributed by atoms with van der Waals surface area (Å²) in [7, 11) is 0. The van der Waals surface area contributed by atoms with Crippen LogP contribution in [0, 0.1) is 0 Å². The van der Waals surface area contributed by atoms with E-state index in [1.807, 2.05) is 0 Å². The monoisotopic (exact) mass is 887 g/mol. The summed E-state index contributed by atoms with van der Waals surface area (Å²) in [6, 6.07) is 101. The van der Waals surface area contributed by atoms with Gasteiger partial charge in [0.2, 0.25) is 0 Å². The van der Waals surface area contributed by atoms with Gasteiger partial charge in [-0.1, -0.05) is 237 Å². The lowest BCUT2D eigenvalue weighted by Gasteiger charge is -2.30. The first-order valence-corrected chi connectivity index (χ1v) is 24.3. The van der Waals surface area contributed by atoms with Crippen LogP contribution < -0.4 is 4.90 Å². The van der Waals surface area contributed by atoms with Crippen molar-refractivity contribution < 1.29 is 0 Å². The van der Waals surface area contributed by atoms with Gasteiger partial charge in [-0.25, -0.2) is 0 Å². The SMILES string of the molecule is c1ccc(-c2cccc3c2-c2ccccc2C32c3ccccc3-c3ccccc32)c(-c2ccc(N(c3ccc(-c4cccc5ccccc45)cc3)c3ccc(-c4cccc5ccccc45)cc3)cc2)c1. The molecule has 1 spiro atoms. The van der Waals surface area contributed by atoms with Crippen molar-refractivity contribution in [1.29, 1.82) is 0 Å². The van der Waals surface area contributed by atoms with E-state index in [1.165, 1.54) is 111 Å². The van der Waals surface area contributed by atoms with Gasteiger partial charge >= 0.3 is 0 Å². The van der Waals surface area contributed by atoms with E-state index in [2.05, 4.69) is 278 Å². The minimum atomic E-state index is -0.394. The largest absolute Gasteiger partial charge is 0.311 e. The Morgan fingerprint density at radius 3 is 1.06 bits per heavy atom. The molecule has 0 fully saturated rings. The molecule has 1 heteroatoms. The Morgan fingerprint density at radius 1 is 0.214 bits per heavy atom. The number of nitrogens with zero attached hydrogens (tertiary/aromatic N) is 1. The highest BCUT2D eigenvalue weighted by molar-refractivity contribution is 6.03. The van der Waals surface area contributed by atoms with Crippen molar-refractivity contribution in [2.45, 2.75) is 5.41 Å². The molecule has 0 atom stereocenters. The van der Waals surface area contributed by atoms with Gasteiger partial charge < -0.3 is 4.90 Å². The first-order valence-electron chi connectivity index (χ1n) is 24.3. The standard InChI is InChI=1S/C69H45N/c1-3-20-54-46(16-1)18-13-27-56(54)48-34-40-51(41-35-48)70(52-42-36-49(37-43-52)57-28-14-19-47-17-2-4-21-55(47)57)53-44-38-50(39-45-53)58-22-5-6-23-59(58)62-29-15-33-67-68(62)63-26-9-12-32-66(63)69(67)64-30-10-7-24-60(64)61-25-8-11-31-65(61)69/h1-45H. The lowest BCUT2D eigenvalue weighted by atomic mass is 9.70. The zero-order chi connectivity index (χ0) is 46.2. The van der Waals surface area contributed by atoms with E-state index in [1.54, 1.807) is 0 Å². The minimum absolute atomic E-state index is 0.394. The summed E-state index contributed by atoms with van der Waals surface area (Å²) < 4.78 is 0. The van der Waals surface area contributed by atoms with Crippen LogP contribution in [0.15, 0.2) is 273 Å². The van der Waals surface area contributed by atoms with Crippen LogP contribution in [0.2, 0.25) is 0 Å². The average Bonchev–Trinajstić information content (AvgIpc) is 3.91. The van der Waals surface area contributed by atoms with Crippen LogP contribution in [0.25, 0.3) is 88.3 Å². The van der Waals surface area contributed by atoms with Crippen LogP contribution in [0.3, 0.4) is 0 Å². The molecule has 2 aliphatic carbocycles. The van der Waals surface area contributed by atoms with Crippen LogP contribution in [-0.2, 0) is 5.41 Å². The first kappa shape index (κ1) is 40.1. The molecule has 2 aliphatic rings. The summed E-state index contributed by atoms with van der Waals surface area (Å²) in [4.78, 5) is 2.38. The summed E-state index contributed by atoms with van der Waals surface area (Å²) in [5, 5.41) is 5.00. The van der Waals surface area contributed by atoms with Gasteiger partial charge in [-0.3, -0.25) is 0 Å². The van der Waals surface area contributed by atoms with Crippen LogP contribution in [0.5, 0.6) is 0 Å². The Balaban J connectivity index is 0.880. The van der Waals surface area contributed by atoms with Crippen LogP contribution in [0.4, 0.5) is 17.1 Å². The van der Waals surface area contributed by atoms with Crippen LogP contribution in [-0.4, -0.2) is 0 Å². The highest BCUT2D eigenvalue weighted by atomic mass is 15.1. The number of anilines is 3. The maximum atomic E-state index is 2.38. The van der Waals surface area contributed by atoms with Gasteiger partial charge in [-0.05, 0) is 147 Å². The molecule has 0 heterocycles. The second-order valence-electron chi connectivity index (χ2n) is 18.7. The van der Waals surface area contributed by atoms with E-state index < -0.39 is 5.41 Å². The Morgan fingerprint density at radius 2 is 0.543 bits per heavy atom. The predicted molar refractivity (Wildman–Crippen MR) is 294 cm³/mol. The van der Waals surface area contributed by atoms with Gasteiger partial charge in [0.05, 0.1) is 5.41 Å². The summed E-state index contributed by atoms with van der Waals surface area (Å²) in [5.41, 5.74) is 23.3. The summed E-state index contributed by atoms with van der Waals surface area (Å²) >= 11 is 0. The smallest absolute Gasteiger partial charge is 0.0725 e. The Kier molecular flexibility index (Phi) is 9.19. The highest BCUT2D eigenvalue weighted by Crippen LogP contribution is 2.64. The fourth-order valence-electron chi connectivity index (χ4n) is 12.1. The number of hydrogen-bond acceptors (Lipinski definition) is 1. The third-order valence-corrected chi connectivity index (χ3v) is 15.1. The molecule has 326 valence electrons. The van der Waals surface area contributed by atoms with Gasteiger partial charge in [0, 0.05) is 17.1 Å². The molecule has 1 nitrogen and oxygen atoms in total. The fourth-order valence-corrected chi connectivity index (χ4v) is 12.1. The van der Waals surface area contributed by atoms with Gasteiger partial charge in [-0.2, -0.15) is 0 Å². The number of benzene rings is 12. The lowest BCUT2D eigenvalue weighted by molar-refractivity contribution is 0.794. The van der Waals surface area contributed by atoms with E-state index in [9.17, 15) is 0 Å². The summed E-state index contributed by atoms with van der Waals surface area (Å²) in [5.74, 6) is 0. The third-order valence-electron chi connectivity index (χ3n) is 15.1. The molecule has 0 saturated heterocycles. The topological polar surface area (TPSA) is 3.24 Å².